The summed E-state index contributed by atoms with van der Waals surface area (Å²) in [4.78, 5) is 12.5. The van der Waals surface area contributed by atoms with Gasteiger partial charge in [0.2, 0.25) is 0 Å². The van der Waals surface area contributed by atoms with E-state index in [1.165, 1.54) is 14.2 Å². The fraction of sp³-hybridized carbons (Fsp3) is 0.278. The van der Waals surface area contributed by atoms with Gasteiger partial charge >= 0.3 is 0 Å². The standard InChI is InChI=1S/C18H21NO4/c1-4-23-14-8-5-7-13(11-14)12-19-18(20)17-15(21-2)9-6-10-16(17)22-3/h5-11H,4,12H2,1-3H3,(H,19,20). The summed E-state index contributed by atoms with van der Waals surface area (Å²) in [6, 6.07) is 12.9. The van der Waals surface area contributed by atoms with E-state index in [0.717, 1.165) is 11.3 Å². The van der Waals surface area contributed by atoms with Crippen LogP contribution < -0.4 is 19.5 Å². The van der Waals surface area contributed by atoms with Crippen LogP contribution in [-0.4, -0.2) is 26.7 Å². The number of rotatable bonds is 7. The first kappa shape index (κ1) is 16.7. The lowest BCUT2D eigenvalue weighted by Gasteiger charge is -2.13. The van der Waals surface area contributed by atoms with Gasteiger partial charge in [0.15, 0.2) is 0 Å². The minimum atomic E-state index is -0.249. The van der Waals surface area contributed by atoms with Crippen molar-refractivity contribution in [2.75, 3.05) is 20.8 Å². The molecule has 1 N–H and O–H groups in total. The second kappa shape index (κ2) is 8.08. The van der Waals surface area contributed by atoms with E-state index in [-0.39, 0.29) is 5.91 Å². The summed E-state index contributed by atoms with van der Waals surface area (Å²) in [7, 11) is 3.05. The molecule has 2 aromatic carbocycles. The third-order valence-corrected chi connectivity index (χ3v) is 3.32. The lowest BCUT2D eigenvalue weighted by Crippen LogP contribution is -2.24. The molecule has 0 unspecified atom stereocenters. The van der Waals surface area contributed by atoms with E-state index in [0.29, 0.717) is 30.2 Å². The molecule has 0 aliphatic carbocycles. The maximum Gasteiger partial charge on any atom is 0.259 e. The molecule has 0 atom stereocenters. The molecule has 0 heterocycles. The van der Waals surface area contributed by atoms with Crippen LogP contribution in [0.3, 0.4) is 0 Å². The number of nitrogens with one attached hydrogen (secondary N) is 1. The van der Waals surface area contributed by atoms with Crippen LogP contribution in [0.25, 0.3) is 0 Å². The Balaban J connectivity index is 2.12. The normalized spacial score (nSPS) is 10.0. The lowest BCUT2D eigenvalue weighted by molar-refractivity contribution is 0.0944. The van der Waals surface area contributed by atoms with Crippen molar-refractivity contribution in [3.8, 4) is 17.2 Å². The fourth-order valence-corrected chi connectivity index (χ4v) is 2.26. The number of hydrogen-bond acceptors (Lipinski definition) is 4. The summed E-state index contributed by atoms with van der Waals surface area (Å²) >= 11 is 0. The van der Waals surface area contributed by atoms with E-state index in [2.05, 4.69) is 5.32 Å². The summed E-state index contributed by atoms with van der Waals surface area (Å²) in [5, 5.41) is 2.88. The minimum absolute atomic E-state index is 0.249. The Bertz CT molecular complexity index is 648. The smallest absolute Gasteiger partial charge is 0.259 e. The topological polar surface area (TPSA) is 56.8 Å². The van der Waals surface area contributed by atoms with Gasteiger partial charge in [0.05, 0.1) is 20.8 Å². The predicted octanol–water partition coefficient (Wildman–Crippen LogP) is 3.03. The van der Waals surface area contributed by atoms with Gasteiger partial charge in [0, 0.05) is 6.54 Å². The van der Waals surface area contributed by atoms with Crippen molar-refractivity contribution in [3.63, 3.8) is 0 Å². The second-order valence-electron chi connectivity index (χ2n) is 4.80. The highest BCUT2D eigenvalue weighted by atomic mass is 16.5. The molecular weight excluding hydrogens is 294 g/mol. The Morgan fingerprint density at radius 1 is 1.04 bits per heavy atom. The average molecular weight is 315 g/mol. The summed E-state index contributed by atoms with van der Waals surface area (Å²) < 4.78 is 16.0. The molecule has 0 radical (unpaired) electrons. The molecule has 122 valence electrons. The zero-order chi connectivity index (χ0) is 16.7. The van der Waals surface area contributed by atoms with E-state index in [1.54, 1.807) is 18.2 Å². The zero-order valence-corrected chi connectivity index (χ0v) is 13.6. The van der Waals surface area contributed by atoms with Gasteiger partial charge in [-0.3, -0.25) is 4.79 Å². The number of amides is 1. The number of carbonyl (C=O) groups is 1. The number of carbonyl (C=O) groups excluding carboxylic acids is 1. The number of benzene rings is 2. The van der Waals surface area contributed by atoms with Gasteiger partial charge < -0.3 is 19.5 Å². The largest absolute Gasteiger partial charge is 0.496 e. The Kier molecular flexibility index (Phi) is 5.86. The molecule has 2 aromatic rings. The summed E-state index contributed by atoms with van der Waals surface area (Å²) in [6.07, 6.45) is 0. The van der Waals surface area contributed by atoms with Gasteiger partial charge in [-0.15, -0.1) is 0 Å². The van der Waals surface area contributed by atoms with Gasteiger partial charge in [0.25, 0.3) is 5.91 Å². The van der Waals surface area contributed by atoms with E-state index >= 15 is 0 Å². The molecule has 2 rings (SSSR count). The van der Waals surface area contributed by atoms with Crippen LogP contribution in [0.2, 0.25) is 0 Å². The zero-order valence-electron chi connectivity index (χ0n) is 13.6. The van der Waals surface area contributed by atoms with Crippen LogP contribution in [0.15, 0.2) is 42.5 Å². The molecule has 5 heteroatoms. The third kappa shape index (κ3) is 4.16. The molecule has 0 fully saturated rings. The summed E-state index contributed by atoms with van der Waals surface area (Å²) in [5.41, 5.74) is 1.34. The number of ether oxygens (including phenoxy) is 3. The highest BCUT2D eigenvalue weighted by molar-refractivity contribution is 5.99. The molecule has 23 heavy (non-hydrogen) atoms. The van der Waals surface area contributed by atoms with Crippen molar-refractivity contribution in [1.82, 2.24) is 5.32 Å². The Labute approximate surface area is 136 Å². The Hall–Kier alpha value is -2.69. The third-order valence-electron chi connectivity index (χ3n) is 3.32. The molecule has 0 saturated carbocycles. The first-order valence-corrected chi connectivity index (χ1v) is 7.40. The molecule has 0 aromatic heterocycles. The monoisotopic (exact) mass is 315 g/mol. The minimum Gasteiger partial charge on any atom is -0.496 e. The molecule has 0 saturated heterocycles. The highest BCUT2D eigenvalue weighted by Gasteiger charge is 2.17. The molecule has 5 nitrogen and oxygen atoms in total. The fourth-order valence-electron chi connectivity index (χ4n) is 2.26. The number of methoxy groups -OCH3 is 2. The van der Waals surface area contributed by atoms with Gasteiger partial charge in [-0.05, 0) is 36.8 Å². The average Bonchev–Trinajstić information content (AvgIpc) is 2.59. The summed E-state index contributed by atoms with van der Waals surface area (Å²) in [6.45, 7) is 2.93. The van der Waals surface area contributed by atoms with Crippen molar-refractivity contribution < 1.29 is 19.0 Å². The van der Waals surface area contributed by atoms with E-state index in [9.17, 15) is 4.79 Å². The van der Waals surface area contributed by atoms with Crippen LogP contribution in [0, 0.1) is 0 Å². The molecular formula is C18H21NO4. The van der Waals surface area contributed by atoms with E-state index < -0.39 is 0 Å². The van der Waals surface area contributed by atoms with Crippen molar-refractivity contribution in [2.24, 2.45) is 0 Å². The summed E-state index contributed by atoms with van der Waals surface area (Å²) in [5.74, 6) is 1.49. The molecule has 0 aliphatic heterocycles. The maximum atomic E-state index is 12.5. The first-order valence-electron chi connectivity index (χ1n) is 7.40. The van der Waals surface area contributed by atoms with Crippen LogP contribution in [0.5, 0.6) is 17.2 Å². The van der Waals surface area contributed by atoms with Gasteiger partial charge in [0.1, 0.15) is 22.8 Å². The van der Waals surface area contributed by atoms with Crippen LogP contribution in [0.4, 0.5) is 0 Å². The molecule has 1 amide bonds. The quantitative estimate of drug-likeness (QED) is 0.853. The van der Waals surface area contributed by atoms with Crippen LogP contribution >= 0.6 is 0 Å². The van der Waals surface area contributed by atoms with Crippen LogP contribution in [0.1, 0.15) is 22.8 Å². The van der Waals surface area contributed by atoms with Gasteiger partial charge in [-0.1, -0.05) is 18.2 Å². The van der Waals surface area contributed by atoms with Crippen molar-refractivity contribution in [2.45, 2.75) is 13.5 Å². The SMILES string of the molecule is CCOc1cccc(CNC(=O)c2c(OC)cccc2OC)c1. The first-order chi connectivity index (χ1) is 11.2. The van der Waals surface area contributed by atoms with Crippen molar-refractivity contribution in [3.05, 3.63) is 53.6 Å². The van der Waals surface area contributed by atoms with Crippen molar-refractivity contribution >= 4 is 5.91 Å². The Morgan fingerprint density at radius 2 is 1.70 bits per heavy atom. The van der Waals surface area contributed by atoms with Gasteiger partial charge in [-0.2, -0.15) is 0 Å². The number of hydrogen-bond donors (Lipinski definition) is 1. The Morgan fingerprint density at radius 3 is 2.30 bits per heavy atom. The molecule has 0 spiro atoms. The predicted molar refractivity (Wildman–Crippen MR) is 88.3 cm³/mol. The lowest BCUT2D eigenvalue weighted by atomic mass is 10.1. The van der Waals surface area contributed by atoms with Crippen LogP contribution in [-0.2, 0) is 6.54 Å². The molecule has 0 aliphatic rings. The second-order valence-corrected chi connectivity index (χ2v) is 4.80. The maximum absolute atomic E-state index is 12.5. The van der Waals surface area contributed by atoms with E-state index in [4.69, 9.17) is 14.2 Å². The molecule has 0 bridgehead atoms. The highest BCUT2D eigenvalue weighted by Crippen LogP contribution is 2.28. The van der Waals surface area contributed by atoms with Gasteiger partial charge in [-0.25, -0.2) is 0 Å². The van der Waals surface area contributed by atoms with Crippen molar-refractivity contribution in [1.29, 1.82) is 0 Å². The van der Waals surface area contributed by atoms with E-state index in [1.807, 2.05) is 31.2 Å².